The van der Waals surface area contributed by atoms with E-state index in [0.717, 1.165) is 11.4 Å². The van der Waals surface area contributed by atoms with Gasteiger partial charge in [-0.25, -0.2) is 0 Å². The maximum atomic E-state index is 12.1. The molecule has 0 radical (unpaired) electrons. The lowest BCUT2D eigenvalue weighted by atomic mass is 10.2. The highest BCUT2D eigenvalue weighted by Crippen LogP contribution is 2.23. The van der Waals surface area contributed by atoms with Gasteiger partial charge >= 0.3 is 0 Å². The maximum absolute atomic E-state index is 12.1. The summed E-state index contributed by atoms with van der Waals surface area (Å²) >= 11 is 0. The molecule has 0 bridgehead atoms. The molecular formula is C14H17N5O. The fourth-order valence-corrected chi connectivity index (χ4v) is 1.74. The number of anilines is 3. The molecule has 0 fully saturated rings. The van der Waals surface area contributed by atoms with E-state index < -0.39 is 0 Å². The van der Waals surface area contributed by atoms with Crippen LogP contribution in [0.5, 0.6) is 0 Å². The molecule has 0 aliphatic rings. The SMILES string of the molecule is CNc1ccc(C(=O)Nc2ccccc2N(C)C)nn1. The zero-order valence-electron chi connectivity index (χ0n) is 11.7. The highest BCUT2D eigenvalue weighted by atomic mass is 16.1. The summed E-state index contributed by atoms with van der Waals surface area (Å²) < 4.78 is 0. The third-order valence-corrected chi connectivity index (χ3v) is 2.79. The van der Waals surface area contributed by atoms with Gasteiger partial charge in [-0.15, -0.1) is 10.2 Å². The van der Waals surface area contributed by atoms with Crippen molar-refractivity contribution in [3.05, 3.63) is 42.1 Å². The van der Waals surface area contributed by atoms with E-state index in [0.29, 0.717) is 5.82 Å². The van der Waals surface area contributed by atoms with Gasteiger partial charge in [0.2, 0.25) is 0 Å². The molecule has 6 heteroatoms. The van der Waals surface area contributed by atoms with Gasteiger partial charge in [-0.3, -0.25) is 4.79 Å². The van der Waals surface area contributed by atoms with Crippen molar-refractivity contribution in [2.45, 2.75) is 0 Å². The van der Waals surface area contributed by atoms with Crippen LogP contribution >= 0.6 is 0 Å². The summed E-state index contributed by atoms with van der Waals surface area (Å²) in [5.41, 5.74) is 1.94. The fourth-order valence-electron chi connectivity index (χ4n) is 1.74. The highest BCUT2D eigenvalue weighted by Gasteiger charge is 2.11. The van der Waals surface area contributed by atoms with Crippen LogP contribution in [0, 0.1) is 0 Å². The van der Waals surface area contributed by atoms with Crippen molar-refractivity contribution in [2.24, 2.45) is 0 Å². The minimum absolute atomic E-state index is 0.276. The molecule has 20 heavy (non-hydrogen) atoms. The largest absolute Gasteiger partial charge is 0.376 e. The number of amides is 1. The Kier molecular flexibility index (Phi) is 4.14. The Hall–Kier alpha value is -2.63. The van der Waals surface area contributed by atoms with Crippen LogP contribution in [0.4, 0.5) is 17.2 Å². The van der Waals surface area contributed by atoms with Crippen molar-refractivity contribution in [3.8, 4) is 0 Å². The standard InChI is InChI=1S/C14H17N5O/c1-15-13-9-8-11(17-18-13)14(20)16-10-6-4-5-7-12(10)19(2)3/h4-9H,1-3H3,(H,15,18)(H,16,20). The quantitative estimate of drug-likeness (QED) is 0.888. The van der Waals surface area contributed by atoms with Crippen LogP contribution in [0.25, 0.3) is 0 Å². The van der Waals surface area contributed by atoms with E-state index in [1.54, 1.807) is 19.2 Å². The van der Waals surface area contributed by atoms with Crippen LogP contribution in [0.3, 0.4) is 0 Å². The molecular weight excluding hydrogens is 254 g/mol. The number of carbonyl (C=O) groups is 1. The normalized spacial score (nSPS) is 9.95. The second kappa shape index (κ2) is 6.01. The molecule has 1 aromatic carbocycles. The van der Waals surface area contributed by atoms with Gasteiger partial charge in [0, 0.05) is 21.1 Å². The molecule has 2 rings (SSSR count). The van der Waals surface area contributed by atoms with Crippen molar-refractivity contribution in [3.63, 3.8) is 0 Å². The summed E-state index contributed by atoms with van der Waals surface area (Å²) in [5, 5.41) is 13.5. The number of rotatable bonds is 4. The van der Waals surface area contributed by atoms with Gasteiger partial charge in [0.25, 0.3) is 5.91 Å². The molecule has 1 amide bonds. The average molecular weight is 271 g/mol. The molecule has 0 spiro atoms. The number of carbonyl (C=O) groups excluding carboxylic acids is 1. The number of hydrogen-bond donors (Lipinski definition) is 2. The Balaban J connectivity index is 2.19. The zero-order chi connectivity index (χ0) is 14.5. The predicted molar refractivity (Wildman–Crippen MR) is 80.3 cm³/mol. The molecule has 0 saturated heterocycles. The van der Waals surface area contributed by atoms with Crippen molar-refractivity contribution in [1.29, 1.82) is 0 Å². The van der Waals surface area contributed by atoms with Gasteiger partial charge < -0.3 is 15.5 Å². The minimum atomic E-state index is -0.283. The molecule has 0 aliphatic heterocycles. The van der Waals surface area contributed by atoms with Gasteiger partial charge in [0.05, 0.1) is 11.4 Å². The van der Waals surface area contributed by atoms with E-state index in [-0.39, 0.29) is 11.6 Å². The molecule has 0 unspecified atom stereocenters. The Morgan fingerprint density at radius 2 is 1.85 bits per heavy atom. The smallest absolute Gasteiger partial charge is 0.276 e. The van der Waals surface area contributed by atoms with Crippen LogP contribution in [0.1, 0.15) is 10.5 Å². The third-order valence-electron chi connectivity index (χ3n) is 2.79. The van der Waals surface area contributed by atoms with Gasteiger partial charge in [-0.2, -0.15) is 0 Å². The summed E-state index contributed by atoms with van der Waals surface area (Å²) in [7, 11) is 5.59. The molecule has 0 saturated carbocycles. The number of nitrogens with one attached hydrogen (secondary N) is 2. The first kappa shape index (κ1) is 13.8. The fraction of sp³-hybridized carbons (Fsp3) is 0.214. The first-order valence-electron chi connectivity index (χ1n) is 6.21. The molecule has 1 aromatic heterocycles. The minimum Gasteiger partial charge on any atom is -0.376 e. The van der Waals surface area contributed by atoms with E-state index in [1.807, 2.05) is 43.3 Å². The van der Waals surface area contributed by atoms with Gasteiger partial charge in [-0.05, 0) is 24.3 Å². The molecule has 1 heterocycles. The van der Waals surface area contributed by atoms with E-state index >= 15 is 0 Å². The van der Waals surface area contributed by atoms with Crippen molar-refractivity contribution < 1.29 is 4.79 Å². The molecule has 0 atom stereocenters. The van der Waals surface area contributed by atoms with Crippen LogP contribution < -0.4 is 15.5 Å². The highest BCUT2D eigenvalue weighted by molar-refractivity contribution is 6.04. The van der Waals surface area contributed by atoms with E-state index in [4.69, 9.17) is 0 Å². The Morgan fingerprint density at radius 3 is 2.45 bits per heavy atom. The number of hydrogen-bond acceptors (Lipinski definition) is 5. The number of para-hydroxylation sites is 2. The number of aromatic nitrogens is 2. The Bertz CT molecular complexity index is 595. The van der Waals surface area contributed by atoms with Gasteiger partial charge in [-0.1, -0.05) is 12.1 Å². The van der Waals surface area contributed by atoms with Crippen molar-refractivity contribution in [2.75, 3.05) is 36.7 Å². The Labute approximate surface area is 117 Å². The summed E-state index contributed by atoms with van der Waals surface area (Å²) in [4.78, 5) is 14.1. The van der Waals surface area contributed by atoms with Crippen LogP contribution in [-0.4, -0.2) is 37.2 Å². The van der Waals surface area contributed by atoms with Crippen LogP contribution in [0.15, 0.2) is 36.4 Å². The lowest BCUT2D eigenvalue weighted by Crippen LogP contribution is -2.18. The summed E-state index contributed by atoms with van der Waals surface area (Å²) in [6.07, 6.45) is 0. The second-order valence-corrected chi connectivity index (χ2v) is 4.42. The Morgan fingerprint density at radius 1 is 1.10 bits per heavy atom. The molecule has 104 valence electrons. The van der Waals surface area contributed by atoms with Gasteiger partial charge in [0.1, 0.15) is 5.82 Å². The molecule has 6 nitrogen and oxygen atoms in total. The monoisotopic (exact) mass is 271 g/mol. The van der Waals surface area contributed by atoms with Crippen molar-refractivity contribution in [1.82, 2.24) is 10.2 Å². The lowest BCUT2D eigenvalue weighted by Gasteiger charge is -2.17. The van der Waals surface area contributed by atoms with E-state index in [9.17, 15) is 4.79 Å². The number of nitrogens with zero attached hydrogens (tertiary/aromatic N) is 3. The topological polar surface area (TPSA) is 70.2 Å². The summed E-state index contributed by atoms with van der Waals surface area (Å²) in [6.45, 7) is 0. The predicted octanol–water partition coefficient (Wildman–Crippen LogP) is 1.84. The molecule has 0 aliphatic carbocycles. The average Bonchev–Trinajstić information content (AvgIpc) is 2.47. The van der Waals surface area contributed by atoms with Crippen molar-refractivity contribution >= 4 is 23.1 Å². The zero-order valence-corrected chi connectivity index (χ0v) is 11.7. The summed E-state index contributed by atoms with van der Waals surface area (Å²) in [5.74, 6) is 0.338. The summed E-state index contributed by atoms with van der Waals surface area (Å²) in [6, 6.07) is 10.9. The maximum Gasteiger partial charge on any atom is 0.276 e. The molecule has 2 aromatic rings. The van der Waals surface area contributed by atoms with Crippen LogP contribution in [0.2, 0.25) is 0 Å². The van der Waals surface area contributed by atoms with Crippen LogP contribution in [-0.2, 0) is 0 Å². The second-order valence-electron chi connectivity index (χ2n) is 4.42. The third kappa shape index (κ3) is 3.03. The van der Waals surface area contributed by atoms with E-state index in [2.05, 4.69) is 20.8 Å². The van der Waals surface area contributed by atoms with Gasteiger partial charge in [0.15, 0.2) is 5.69 Å². The molecule has 2 N–H and O–H groups in total. The van der Waals surface area contributed by atoms with E-state index in [1.165, 1.54) is 0 Å². The first-order chi connectivity index (χ1) is 9.61. The lowest BCUT2D eigenvalue weighted by molar-refractivity contribution is 0.102. The first-order valence-corrected chi connectivity index (χ1v) is 6.21. The number of benzene rings is 1.